The first-order valence-corrected chi connectivity index (χ1v) is 5.31. The van der Waals surface area contributed by atoms with Crippen LogP contribution in [0.1, 0.15) is 0 Å². The second kappa shape index (κ2) is 3.48. The van der Waals surface area contributed by atoms with E-state index in [4.69, 9.17) is 11.5 Å². The van der Waals surface area contributed by atoms with E-state index in [0.29, 0.717) is 12.8 Å². The summed E-state index contributed by atoms with van der Waals surface area (Å²) in [6, 6.07) is 0. The van der Waals surface area contributed by atoms with Gasteiger partial charge in [0.1, 0.15) is 12.3 Å². The highest BCUT2D eigenvalue weighted by Gasteiger charge is 2.52. The average molecular weight is 252 g/mol. The molecule has 1 fully saturated rings. The zero-order chi connectivity index (χ0) is 12.9. The number of hydrogen-bond donors (Lipinski definition) is 4. The summed E-state index contributed by atoms with van der Waals surface area (Å²) in [5.41, 5.74) is 11.2. The van der Waals surface area contributed by atoms with Crippen LogP contribution in [0.25, 0.3) is 0 Å². The van der Waals surface area contributed by atoms with Crippen LogP contribution in [-0.4, -0.2) is 59.2 Å². The van der Waals surface area contributed by atoms with Gasteiger partial charge in [0.25, 0.3) is 0 Å². The number of guanidine groups is 2. The number of amides is 2. The lowest BCUT2D eigenvalue weighted by molar-refractivity contribution is -0.143. The molecule has 3 aliphatic heterocycles. The number of nitrogens with one attached hydrogen (secondary N) is 2. The van der Waals surface area contributed by atoms with Gasteiger partial charge in [0, 0.05) is 0 Å². The smallest absolute Gasteiger partial charge is 0.213 e. The predicted molar refractivity (Wildman–Crippen MR) is 60.5 cm³/mol. The van der Waals surface area contributed by atoms with E-state index >= 15 is 0 Å². The SMILES string of the molecule is NC1=N[C@@H]2[C@H](N1)N(C=O)[C@H]1NC(N)=N[C@@H]1N2C=O. The number of carbonyl (C=O) groups excluding carboxylic acids is 2. The molecule has 0 radical (unpaired) electrons. The zero-order valence-electron chi connectivity index (χ0n) is 9.22. The van der Waals surface area contributed by atoms with E-state index in [9.17, 15) is 9.59 Å². The molecule has 96 valence electrons. The van der Waals surface area contributed by atoms with E-state index in [1.54, 1.807) is 0 Å². The number of carbonyl (C=O) groups is 2. The van der Waals surface area contributed by atoms with Crippen molar-refractivity contribution < 1.29 is 9.59 Å². The molecule has 18 heavy (non-hydrogen) atoms. The third-order valence-electron chi connectivity index (χ3n) is 3.20. The summed E-state index contributed by atoms with van der Waals surface area (Å²) in [4.78, 5) is 33.4. The van der Waals surface area contributed by atoms with Gasteiger partial charge in [-0.15, -0.1) is 0 Å². The Morgan fingerprint density at radius 3 is 1.78 bits per heavy atom. The molecule has 0 aliphatic carbocycles. The Bertz CT molecular complexity index is 428. The van der Waals surface area contributed by atoms with Gasteiger partial charge in [-0.05, 0) is 0 Å². The summed E-state index contributed by atoms with van der Waals surface area (Å²) in [5, 5.41) is 5.68. The highest BCUT2D eigenvalue weighted by Crippen LogP contribution is 2.28. The molecule has 3 heterocycles. The third kappa shape index (κ3) is 1.22. The van der Waals surface area contributed by atoms with Gasteiger partial charge < -0.3 is 22.1 Å². The molecule has 10 nitrogen and oxygen atoms in total. The molecule has 0 spiro atoms. The van der Waals surface area contributed by atoms with E-state index in [1.807, 2.05) is 0 Å². The highest BCUT2D eigenvalue weighted by molar-refractivity contribution is 5.83. The topological polar surface area (TPSA) is 141 Å². The lowest BCUT2D eigenvalue weighted by Crippen LogP contribution is -2.70. The molecule has 0 unspecified atom stereocenters. The number of hydrogen-bond acceptors (Lipinski definition) is 8. The number of fused-ring (bicyclic) bond motifs is 2. The van der Waals surface area contributed by atoms with Crippen molar-refractivity contribution in [3.63, 3.8) is 0 Å². The molecular formula is C8H12N8O2. The maximum absolute atomic E-state index is 11.2. The number of nitrogens with two attached hydrogens (primary N) is 2. The Morgan fingerprint density at radius 2 is 1.39 bits per heavy atom. The molecule has 0 aromatic carbocycles. The molecule has 1 saturated heterocycles. The number of piperazine rings is 1. The minimum Gasteiger partial charge on any atom is -0.370 e. The molecule has 4 atom stereocenters. The summed E-state index contributed by atoms with van der Waals surface area (Å²) in [6.07, 6.45) is -0.925. The minimum atomic E-state index is -0.592. The maximum Gasteiger partial charge on any atom is 0.213 e. The summed E-state index contributed by atoms with van der Waals surface area (Å²) in [7, 11) is 0. The number of aliphatic imine (C=N–C) groups is 2. The van der Waals surface area contributed by atoms with Crippen molar-refractivity contribution in [2.75, 3.05) is 0 Å². The van der Waals surface area contributed by atoms with E-state index in [-0.39, 0.29) is 11.9 Å². The summed E-state index contributed by atoms with van der Waals surface area (Å²) >= 11 is 0. The van der Waals surface area contributed by atoms with E-state index in [0.717, 1.165) is 0 Å². The van der Waals surface area contributed by atoms with Crippen molar-refractivity contribution in [1.82, 2.24) is 20.4 Å². The minimum absolute atomic E-state index is 0.181. The normalized spacial score (nSPS) is 36.9. The van der Waals surface area contributed by atoms with Crippen LogP contribution in [0.5, 0.6) is 0 Å². The van der Waals surface area contributed by atoms with Gasteiger partial charge in [0.05, 0.1) is 0 Å². The van der Waals surface area contributed by atoms with E-state index in [1.165, 1.54) is 9.80 Å². The fourth-order valence-corrected chi connectivity index (χ4v) is 2.45. The molecular weight excluding hydrogens is 240 g/mol. The van der Waals surface area contributed by atoms with Gasteiger partial charge in [-0.3, -0.25) is 19.4 Å². The first-order valence-electron chi connectivity index (χ1n) is 5.31. The molecule has 10 heteroatoms. The molecule has 6 N–H and O–H groups in total. The summed E-state index contributed by atoms with van der Waals surface area (Å²) in [5.74, 6) is 0.362. The molecule has 3 aliphatic rings. The fraction of sp³-hybridized carbons (Fsp3) is 0.500. The number of nitrogens with zero attached hydrogens (tertiary/aromatic N) is 4. The second-order valence-corrected chi connectivity index (χ2v) is 4.14. The van der Waals surface area contributed by atoms with Crippen molar-refractivity contribution in [3.8, 4) is 0 Å². The Kier molecular flexibility index (Phi) is 2.06. The molecule has 3 rings (SSSR count). The first-order chi connectivity index (χ1) is 8.65. The predicted octanol–water partition coefficient (Wildman–Crippen LogP) is -3.94. The van der Waals surface area contributed by atoms with Crippen LogP contribution in [0.3, 0.4) is 0 Å². The summed E-state index contributed by atoms with van der Waals surface area (Å²) < 4.78 is 0. The quantitative estimate of drug-likeness (QED) is 0.370. The maximum atomic E-state index is 11.2. The second-order valence-electron chi connectivity index (χ2n) is 4.14. The van der Waals surface area contributed by atoms with E-state index < -0.39 is 24.7 Å². The lowest BCUT2D eigenvalue weighted by atomic mass is 10.1. The van der Waals surface area contributed by atoms with Crippen LogP contribution in [-0.2, 0) is 9.59 Å². The monoisotopic (exact) mass is 252 g/mol. The van der Waals surface area contributed by atoms with Crippen LogP contribution < -0.4 is 22.1 Å². The van der Waals surface area contributed by atoms with Gasteiger partial charge in [-0.1, -0.05) is 0 Å². The molecule has 0 saturated carbocycles. The molecule has 0 aromatic heterocycles. The molecule has 0 aromatic rings. The van der Waals surface area contributed by atoms with Crippen molar-refractivity contribution in [3.05, 3.63) is 0 Å². The first kappa shape index (κ1) is 10.6. The lowest BCUT2D eigenvalue weighted by Gasteiger charge is -2.45. The van der Waals surface area contributed by atoms with Gasteiger partial charge in [0.15, 0.2) is 24.3 Å². The standard InChI is InChI=1S/C8H12N8O2/c9-7-11-3-5(13-7)16(2-18)6-4(15(3)1-17)12-8(10)14-6/h1-6H,(H3,9,11,13)(H3,10,12,14)/t3-,4-,5-,6+/m1/s1. The molecule has 2 amide bonds. The largest absolute Gasteiger partial charge is 0.370 e. The average Bonchev–Trinajstić information content (AvgIpc) is 2.87. The van der Waals surface area contributed by atoms with E-state index in [2.05, 4.69) is 20.6 Å². The summed E-state index contributed by atoms with van der Waals surface area (Å²) in [6.45, 7) is 0. The van der Waals surface area contributed by atoms with Gasteiger partial charge in [-0.25, -0.2) is 9.98 Å². The van der Waals surface area contributed by atoms with Crippen molar-refractivity contribution in [1.29, 1.82) is 0 Å². The highest BCUT2D eigenvalue weighted by atomic mass is 16.1. The molecule has 0 bridgehead atoms. The van der Waals surface area contributed by atoms with Crippen LogP contribution in [0, 0.1) is 0 Å². The fourth-order valence-electron chi connectivity index (χ4n) is 2.45. The van der Waals surface area contributed by atoms with Crippen molar-refractivity contribution in [2.24, 2.45) is 21.5 Å². The van der Waals surface area contributed by atoms with Crippen molar-refractivity contribution >= 4 is 24.7 Å². The van der Waals surface area contributed by atoms with Crippen molar-refractivity contribution in [2.45, 2.75) is 24.7 Å². The van der Waals surface area contributed by atoms with Crippen LogP contribution in [0.4, 0.5) is 0 Å². The van der Waals surface area contributed by atoms with Crippen LogP contribution in [0.15, 0.2) is 9.98 Å². The van der Waals surface area contributed by atoms with Crippen LogP contribution >= 0.6 is 0 Å². The Balaban J connectivity index is 2.01. The Hall–Kier alpha value is -2.52. The van der Waals surface area contributed by atoms with Gasteiger partial charge >= 0.3 is 0 Å². The van der Waals surface area contributed by atoms with Gasteiger partial charge in [0.2, 0.25) is 12.8 Å². The van der Waals surface area contributed by atoms with Gasteiger partial charge in [-0.2, -0.15) is 0 Å². The van der Waals surface area contributed by atoms with Crippen LogP contribution in [0.2, 0.25) is 0 Å². The zero-order valence-corrected chi connectivity index (χ0v) is 9.22. The Morgan fingerprint density at radius 1 is 0.944 bits per heavy atom. The Labute approximate surface area is 102 Å². The number of rotatable bonds is 2. The third-order valence-corrected chi connectivity index (χ3v) is 3.20.